The average molecular weight is 326 g/mol. The summed E-state index contributed by atoms with van der Waals surface area (Å²) in [5.41, 5.74) is 1.05. The Labute approximate surface area is 129 Å². The molecule has 0 unspecified atom stereocenters. The molecule has 0 fully saturated rings. The van der Waals surface area contributed by atoms with E-state index in [4.69, 9.17) is 28.3 Å². The Morgan fingerprint density at radius 3 is 2.43 bits per heavy atom. The Hall–Kier alpha value is -2.18. The van der Waals surface area contributed by atoms with E-state index in [2.05, 4.69) is 15.5 Å². The number of nitrogens with one attached hydrogen (secondary N) is 1. The molecule has 0 saturated carbocycles. The van der Waals surface area contributed by atoms with Gasteiger partial charge in [-0.15, -0.1) is 10.2 Å². The maximum atomic E-state index is 12.0. The lowest BCUT2D eigenvalue weighted by Gasteiger charge is -2.06. The van der Waals surface area contributed by atoms with Gasteiger partial charge in [-0.2, -0.15) is 0 Å². The molecule has 1 aromatic carbocycles. The van der Waals surface area contributed by atoms with Crippen molar-refractivity contribution in [2.24, 2.45) is 0 Å². The van der Waals surface area contributed by atoms with Crippen molar-refractivity contribution in [1.82, 2.24) is 15.5 Å². The lowest BCUT2D eigenvalue weighted by atomic mass is 10.1. The minimum atomic E-state index is -1.00. The zero-order chi connectivity index (χ0) is 15.4. The Morgan fingerprint density at radius 2 is 1.81 bits per heavy atom. The summed E-state index contributed by atoms with van der Waals surface area (Å²) < 4.78 is 0. The van der Waals surface area contributed by atoms with Crippen molar-refractivity contribution < 1.29 is 14.7 Å². The molecule has 1 aromatic heterocycles. The number of nitrogens with zero attached hydrogens (tertiary/aromatic N) is 2. The molecule has 0 radical (unpaired) electrons. The topological polar surface area (TPSA) is 92.2 Å². The van der Waals surface area contributed by atoms with Gasteiger partial charge in [-0.3, -0.25) is 4.79 Å². The molecule has 0 aliphatic heterocycles. The second kappa shape index (κ2) is 6.51. The molecule has 1 amide bonds. The van der Waals surface area contributed by atoms with Crippen LogP contribution in [0.25, 0.3) is 0 Å². The van der Waals surface area contributed by atoms with Gasteiger partial charge in [0.15, 0.2) is 10.3 Å². The smallest absolute Gasteiger partial charge is 0.335 e. The van der Waals surface area contributed by atoms with Crippen LogP contribution in [0, 0.1) is 0 Å². The highest BCUT2D eigenvalue weighted by Crippen LogP contribution is 2.15. The second-order valence-electron chi connectivity index (χ2n) is 4.06. The number of hydrogen-bond donors (Lipinski definition) is 2. The number of aromatic carboxylic acids is 1. The summed E-state index contributed by atoms with van der Waals surface area (Å²) in [6, 6.07) is 7.47. The fraction of sp³-hybridized carbons (Fsp3) is 0.0769. The number of carbonyl (C=O) groups is 2. The zero-order valence-corrected chi connectivity index (χ0v) is 12.0. The highest BCUT2D eigenvalue weighted by molar-refractivity contribution is 6.34. The van der Waals surface area contributed by atoms with Gasteiger partial charge in [0.05, 0.1) is 11.1 Å². The molecule has 8 heteroatoms. The third-order valence-electron chi connectivity index (χ3n) is 2.62. The summed E-state index contributed by atoms with van der Waals surface area (Å²) >= 11 is 11.4. The van der Waals surface area contributed by atoms with E-state index in [1.807, 2.05) is 0 Å². The van der Waals surface area contributed by atoms with Crippen molar-refractivity contribution in [3.05, 3.63) is 57.3 Å². The number of rotatable bonds is 4. The molecule has 1 heterocycles. The predicted octanol–water partition coefficient (Wildman–Crippen LogP) is 2.41. The quantitative estimate of drug-likeness (QED) is 0.900. The van der Waals surface area contributed by atoms with E-state index < -0.39 is 11.9 Å². The predicted molar refractivity (Wildman–Crippen MR) is 76.6 cm³/mol. The maximum absolute atomic E-state index is 12.0. The van der Waals surface area contributed by atoms with Crippen molar-refractivity contribution in [3.8, 4) is 0 Å². The van der Waals surface area contributed by atoms with E-state index in [1.165, 1.54) is 18.2 Å². The monoisotopic (exact) mass is 325 g/mol. The van der Waals surface area contributed by atoms with Crippen LogP contribution in [0.4, 0.5) is 0 Å². The molecule has 0 saturated heterocycles. The lowest BCUT2D eigenvalue weighted by molar-refractivity contribution is 0.0696. The molecule has 0 bridgehead atoms. The minimum Gasteiger partial charge on any atom is -0.478 e. The van der Waals surface area contributed by atoms with Crippen molar-refractivity contribution in [2.45, 2.75) is 6.54 Å². The van der Waals surface area contributed by atoms with E-state index in [0.717, 1.165) is 5.56 Å². The molecule has 0 aliphatic rings. The van der Waals surface area contributed by atoms with Gasteiger partial charge in [-0.25, -0.2) is 4.79 Å². The number of halogens is 2. The summed E-state index contributed by atoms with van der Waals surface area (Å²) in [7, 11) is 0. The van der Waals surface area contributed by atoms with Crippen LogP contribution in [0.5, 0.6) is 0 Å². The molecule has 0 atom stereocenters. The average Bonchev–Trinajstić information content (AvgIpc) is 2.47. The largest absolute Gasteiger partial charge is 0.478 e. The van der Waals surface area contributed by atoms with Crippen LogP contribution >= 0.6 is 23.2 Å². The van der Waals surface area contributed by atoms with E-state index in [1.54, 1.807) is 12.1 Å². The summed E-state index contributed by atoms with van der Waals surface area (Å²) in [4.78, 5) is 22.7. The van der Waals surface area contributed by atoms with E-state index in [0.29, 0.717) is 0 Å². The number of amides is 1. The summed E-state index contributed by atoms with van der Waals surface area (Å²) in [5.74, 6) is -1.45. The standard InChI is InChI=1S/C13H9Cl2N3O3/c14-10-5-9(11(15)18-17-10)12(19)16-6-7-1-3-8(4-2-7)13(20)21/h1-5H,6H2,(H,16,19)(H,20,21). The first-order valence-electron chi connectivity index (χ1n) is 5.76. The van der Waals surface area contributed by atoms with Crippen LogP contribution in [-0.2, 0) is 6.54 Å². The van der Waals surface area contributed by atoms with Gasteiger partial charge >= 0.3 is 5.97 Å². The molecule has 2 N–H and O–H groups in total. The van der Waals surface area contributed by atoms with Gasteiger partial charge in [0.25, 0.3) is 5.91 Å². The van der Waals surface area contributed by atoms with Crippen LogP contribution in [0.3, 0.4) is 0 Å². The van der Waals surface area contributed by atoms with Crippen molar-refractivity contribution in [2.75, 3.05) is 0 Å². The Bertz CT molecular complexity index is 690. The third-order valence-corrected chi connectivity index (χ3v) is 3.08. The van der Waals surface area contributed by atoms with Gasteiger partial charge in [0.2, 0.25) is 0 Å². The fourth-order valence-electron chi connectivity index (χ4n) is 1.56. The lowest BCUT2D eigenvalue weighted by Crippen LogP contribution is -2.23. The van der Waals surface area contributed by atoms with Crippen LogP contribution in [0.1, 0.15) is 26.3 Å². The van der Waals surface area contributed by atoms with Crippen LogP contribution in [0.2, 0.25) is 10.3 Å². The first-order chi connectivity index (χ1) is 9.97. The van der Waals surface area contributed by atoms with Crippen molar-refractivity contribution in [3.63, 3.8) is 0 Å². The van der Waals surface area contributed by atoms with E-state index in [9.17, 15) is 9.59 Å². The molecular formula is C13H9Cl2N3O3. The van der Waals surface area contributed by atoms with Crippen molar-refractivity contribution in [1.29, 1.82) is 0 Å². The molecular weight excluding hydrogens is 317 g/mol. The molecule has 21 heavy (non-hydrogen) atoms. The highest BCUT2D eigenvalue weighted by Gasteiger charge is 2.13. The first kappa shape index (κ1) is 15.2. The molecule has 6 nitrogen and oxygen atoms in total. The first-order valence-corrected chi connectivity index (χ1v) is 6.52. The number of carbonyl (C=O) groups excluding carboxylic acids is 1. The van der Waals surface area contributed by atoms with Gasteiger partial charge in [-0.1, -0.05) is 35.3 Å². The van der Waals surface area contributed by atoms with E-state index in [-0.39, 0.29) is 28.0 Å². The summed E-state index contributed by atoms with van der Waals surface area (Å²) in [6.07, 6.45) is 0. The van der Waals surface area contributed by atoms with E-state index >= 15 is 0 Å². The zero-order valence-electron chi connectivity index (χ0n) is 10.5. The van der Waals surface area contributed by atoms with Crippen LogP contribution in [-0.4, -0.2) is 27.2 Å². The number of hydrogen-bond acceptors (Lipinski definition) is 4. The summed E-state index contributed by atoms with van der Waals surface area (Å²) in [5, 5.41) is 18.5. The Kier molecular flexibility index (Phi) is 4.72. The van der Waals surface area contributed by atoms with Gasteiger partial charge < -0.3 is 10.4 Å². The number of aromatic nitrogens is 2. The molecule has 108 valence electrons. The van der Waals surface area contributed by atoms with Gasteiger partial charge in [-0.05, 0) is 23.8 Å². The van der Waals surface area contributed by atoms with Gasteiger partial charge in [0, 0.05) is 6.54 Å². The number of carboxylic acids is 1. The third kappa shape index (κ3) is 3.90. The van der Waals surface area contributed by atoms with Crippen LogP contribution in [0.15, 0.2) is 30.3 Å². The maximum Gasteiger partial charge on any atom is 0.335 e. The fourth-order valence-corrected chi connectivity index (χ4v) is 1.88. The van der Waals surface area contributed by atoms with Gasteiger partial charge in [0.1, 0.15) is 0 Å². The SMILES string of the molecule is O=C(O)c1ccc(CNC(=O)c2cc(Cl)nnc2Cl)cc1. The number of benzene rings is 1. The second-order valence-corrected chi connectivity index (χ2v) is 4.80. The van der Waals surface area contributed by atoms with Crippen molar-refractivity contribution >= 4 is 35.1 Å². The minimum absolute atomic E-state index is 0.0434. The Morgan fingerprint density at radius 1 is 1.14 bits per heavy atom. The normalized spacial score (nSPS) is 10.2. The Balaban J connectivity index is 2.04. The molecule has 2 aromatic rings. The molecule has 0 aliphatic carbocycles. The molecule has 0 spiro atoms. The highest BCUT2D eigenvalue weighted by atomic mass is 35.5. The number of carboxylic acid groups (broad SMARTS) is 1. The van der Waals surface area contributed by atoms with Crippen LogP contribution < -0.4 is 5.32 Å². The molecule has 2 rings (SSSR count). The summed E-state index contributed by atoms with van der Waals surface area (Å²) in [6.45, 7) is 0.217.